The number of likely N-dealkylation sites (N-methyl/N-ethyl adjacent to an activating group) is 1. The molecule has 0 aliphatic heterocycles. The molecule has 0 fully saturated rings. The highest BCUT2D eigenvalue weighted by atomic mass is 32.2. The Balaban J connectivity index is 1.93. The molecule has 1 N–H and O–H groups in total. The monoisotopic (exact) mass is 403 g/mol. The number of ether oxygens (including phenoxy) is 1. The molecule has 0 saturated carbocycles. The normalized spacial score (nSPS) is 11.6. The molecule has 0 heterocycles. The highest BCUT2D eigenvalue weighted by molar-refractivity contribution is 7.89. The number of nitrogens with zero attached hydrogens (tertiary/aromatic N) is 2. The van der Waals surface area contributed by atoms with Crippen LogP contribution in [0.2, 0.25) is 0 Å². The first-order chi connectivity index (χ1) is 13.2. The van der Waals surface area contributed by atoms with Crippen LogP contribution < -0.4 is 5.43 Å². The quantitative estimate of drug-likeness (QED) is 0.429. The van der Waals surface area contributed by atoms with E-state index in [1.54, 1.807) is 36.4 Å². The van der Waals surface area contributed by atoms with E-state index in [1.807, 2.05) is 6.92 Å². The molecule has 1 amide bonds. The number of benzene rings is 2. The summed E-state index contributed by atoms with van der Waals surface area (Å²) < 4.78 is 30.5. The number of methoxy groups -OCH3 is 1. The molecule has 0 bridgehead atoms. The van der Waals surface area contributed by atoms with Crippen LogP contribution in [0, 0.1) is 6.92 Å². The van der Waals surface area contributed by atoms with Gasteiger partial charge in [-0.3, -0.25) is 4.79 Å². The van der Waals surface area contributed by atoms with Crippen LogP contribution in [0.25, 0.3) is 0 Å². The maximum atomic E-state index is 12.5. The molecule has 8 nitrogen and oxygen atoms in total. The lowest BCUT2D eigenvalue weighted by Crippen LogP contribution is -2.36. The fourth-order valence-electron chi connectivity index (χ4n) is 2.21. The number of nitrogens with one attached hydrogen (secondary N) is 1. The van der Waals surface area contributed by atoms with Gasteiger partial charge < -0.3 is 4.74 Å². The number of sulfonamides is 1. The van der Waals surface area contributed by atoms with Crippen molar-refractivity contribution in [3.8, 4) is 0 Å². The highest BCUT2D eigenvalue weighted by Crippen LogP contribution is 2.14. The molecule has 2 rings (SSSR count). The van der Waals surface area contributed by atoms with Crippen molar-refractivity contribution in [2.45, 2.75) is 11.8 Å². The lowest BCUT2D eigenvalue weighted by atomic mass is 10.1. The van der Waals surface area contributed by atoms with E-state index in [2.05, 4.69) is 15.3 Å². The molecular formula is C19H21N3O5S. The van der Waals surface area contributed by atoms with Gasteiger partial charge in [-0.25, -0.2) is 18.6 Å². The number of hydrazone groups is 1. The van der Waals surface area contributed by atoms with Crippen LogP contribution in [-0.2, 0) is 19.6 Å². The van der Waals surface area contributed by atoms with Crippen molar-refractivity contribution in [3.05, 3.63) is 65.2 Å². The van der Waals surface area contributed by atoms with Crippen LogP contribution in [0.1, 0.15) is 21.5 Å². The minimum Gasteiger partial charge on any atom is -0.465 e. The Kier molecular flexibility index (Phi) is 7.02. The zero-order valence-corrected chi connectivity index (χ0v) is 16.6. The van der Waals surface area contributed by atoms with Gasteiger partial charge in [-0.1, -0.05) is 29.8 Å². The fraction of sp³-hybridized carbons (Fsp3) is 0.211. The molecule has 0 unspecified atom stereocenters. The summed E-state index contributed by atoms with van der Waals surface area (Å²) in [5, 5.41) is 3.79. The Morgan fingerprint density at radius 3 is 2.29 bits per heavy atom. The van der Waals surface area contributed by atoms with Gasteiger partial charge in [0, 0.05) is 7.05 Å². The summed E-state index contributed by atoms with van der Waals surface area (Å²) in [5.74, 6) is -1.03. The second-order valence-corrected chi connectivity index (χ2v) is 8.03. The van der Waals surface area contributed by atoms with Crippen molar-refractivity contribution in [2.75, 3.05) is 20.7 Å². The third-order valence-electron chi connectivity index (χ3n) is 3.83. The lowest BCUT2D eigenvalue weighted by molar-refractivity contribution is -0.121. The number of hydrogen-bond donors (Lipinski definition) is 1. The van der Waals surface area contributed by atoms with E-state index in [0.29, 0.717) is 11.1 Å². The van der Waals surface area contributed by atoms with Gasteiger partial charge in [-0.05, 0) is 36.8 Å². The molecule has 0 aliphatic rings. The van der Waals surface area contributed by atoms with Crippen LogP contribution >= 0.6 is 0 Å². The molecule has 0 saturated heterocycles. The molecule has 28 heavy (non-hydrogen) atoms. The van der Waals surface area contributed by atoms with Crippen LogP contribution in [0.3, 0.4) is 0 Å². The smallest absolute Gasteiger partial charge is 0.337 e. The van der Waals surface area contributed by atoms with Crippen molar-refractivity contribution >= 4 is 28.1 Å². The second-order valence-electron chi connectivity index (χ2n) is 5.98. The van der Waals surface area contributed by atoms with Crippen LogP contribution in [0.4, 0.5) is 0 Å². The molecule has 0 aliphatic carbocycles. The van der Waals surface area contributed by atoms with Crippen molar-refractivity contribution in [2.24, 2.45) is 5.10 Å². The van der Waals surface area contributed by atoms with Gasteiger partial charge in [0.25, 0.3) is 5.91 Å². The number of carbonyl (C=O) groups excluding carboxylic acids is 2. The summed E-state index contributed by atoms with van der Waals surface area (Å²) in [6.07, 6.45) is 1.38. The molecule has 9 heteroatoms. The molecule has 0 spiro atoms. The summed E-state index contributed by atoms with van der Waals surface area (Å²) in [4.78, 5) is 23.4. The predicted octanol–water partition coefficient (Wildman–Crippen LogP) is 1.55. The van der Waals surface area contributed by atoms with Gasteiger partial charge in [0.05, 0.1) is 30.3 Å². The molecule has 0 radical (unpaired) electrons. The van der Waals surface area contributed by atoms with E-state index >= 15 is 0 Å². The van der Waals surface area contributed by atoms with E-state index in [1.165, 1.54) is 32.5 Å². The van der Waals surface area contributed by atoms with Gasteiger partial charge in [0.15, 0.2) is 0 Å². The first-order valence-corrected chi connectivity index (χ1v) is 9.71. The van der Waals surface area contributed by atoms with Crippen molar-refractivity contribution in [3.63, 3.8) is 0 Å². The Labute approximate surface area is 163 Å². The molecule has 2 aromatic rings. The first kappa shape index (κ1) is 21.3. The van der Waals surface area contributed by atoms with Crippen LogP contribution in [-0.4, -0.2) is 51.5 Å². The molecule has 148 valence electrons. The SMILES string of the molecule is COC(=O)c1ccc(/C=N\NC(=O)CN(C)S(=O)(=O)c2ccc(C)cc2)cc1. The minimum absolute atomic E-state index is 0.114. The standard InChI is InChI=1S/C19H21N3O5S/c1-14-4-10-17(11-5-14)28(25,26)22(2)13-18(23)21-20-12-15-6-8-16(9-7-15)19(24)27-3/h4-12H,13H2,1-3H3,(H,21,23)/b20-12-. The number of rotatable bonds is 7. The number of aryl methyl sites for hydroxylation is 1. The van der Waals surface area contributed by atoms with E-state index < -0.39 is 21.9 Å². The molecular weight excluding hydrogens is 382 g/mol. The third-order valence-corrected chi connectivity index (χ3v) is 5.65. The first-order valence-electron chi connectivity index (χ1n) is 8.27. The van der Waals surface area contributed by atoms with Crippen molar-refractivity contribution in [1.29, 1.82) is 0 Å². The summed E-state index contributed by atoms with van der Waals surface area (Å²) in [7, 11) is -1.15. The number of hydrogen-bond acceptors (Lipinski definition) is 6. The third kappa shape index (κ3) is 5.48. The maximum absolute atomic E-state index is 12.5. The average molecular weight is 403 g/mol. The van der Waals surface area contributed by atoms with E-state index in [9.17, 15) is 18.0 Å². The predicted molar refractivity (Wildman–Crippen MR) is 105 cm³/mol. The largest absolute Gasteiger partial charge is 0.465 e. The molecule has 2 aromatic carbocycles. The highest BCUT2D eigenvalue weighted by Gasteiger charge is 2.22. The number of carbonyl (C=O) groups is 2. The number of esters is 1. The zero-order valence-electron chi connectivity index (χ0n) is 15.7. The zero-order chi connectivity index (χ0) is 20.7. The van der Waals surface area contributed by atoms with Gasteiger partial charge >= 0.3 is 5.97 Å². The Morgan fingerprint density at radius 2 is 1.71 bits per heavy atom. The van der Waals surface area contributed by atoms with E-state index in [0.717, 1.165) is 9.87 Å². The topological polar surface area (TPSA) is 105 Å². The lowest BCUT2D eigenvalue weighted by Gasteiger charge is -2.16. The summed E-state index contributed by atoms with van der Waals surface area (Å²) in [6.45, 7) is 1.48. The molecule has 0 atom stereocenters. The van der Waals surface area contributed by atoms with E-state index in [4.69, 9.17) is 0 Å². The number of amides is 1. The minimum atomic E-state index is -3.77. The van der Waals surface area contributed by atoms with Crippen molar-refractivity contribution in [1.82, 2.24) is 9.73 Å². The Morgan fingerprint density at radius 1 is 1.11 bits per heavy atom. The van der Waals surface area contributed by atoms with Gasteiger partial charge in [0.1, 0.15) is 0 Å². The van der Waals surface area contributed by atoms with Crippen LogP contribution in [0.5, 0.6) is 0 Å². The fourth-order valence-corrected chi connectivity index (χ4v) is 3.34. The van der Waals surface area contributed by atoms with Gasteiger partial charge in [-0.2, -0.15) is 9.41 Å². The van der Waals surface area contributed by atoms with E-state index in [-0.39, 0.29) is 11.4 Å². The van der Waals surface area contributed by atoms with Crippen LogP contribution in [0.15, 0.2) is 58.5 Å². The molecule has 0 aromatic heterocycles. The summed E-state index contributed by atoms with van der Waals surface area (Å²) in [5.41, 5.74) is 4.26. The second kappa shape index (κ2) is 9.25. The maximum Gasteiger partial charge on any atom is 0.337 e. The Hall–Kier alpha value is -3.04. The average Bonchev–Trinajstić information content (AvgIpc) is 2.68. The summed E-state index contributed by atoms with van der Waals surface area (Å²) >= 11 is 0. The van der Waals surface area contributed by atoms with Gasteiger partial charge in [0.2, 0.25) is 10.0 Å². The summed E-state index contributed by atoms with van der Waals surface area (Å²) in [6, 6.07) is 12.8. The Bertz CT molecular complexity index is 968. The van der Waals surface area contributed by atoms with Crippen molar-refractivity contribution < 1.29 is 22.7 Å². The van der Waals surface area contributed by atoms with Gasteiger partial charge in [-0.15, -0.1) is 0 Å².